The van der Waals surface area contributed by atoms with Crippen molar-refractivity contribution in [2.75, 3.05) is 4.90 Å². The van der Waals surface area contributed by atoms with E-state index in [-0.39, 0.29) is 15.8 Å². The minimum atomic E-state index is -1.35. The fraction of sp³-hybridized carbons (Fsp3) is 0.111. The van der Waals surface area contributed by atoms with E-state index >= 15 is 0 Å². The van der Waals surface area contributed by atoms with Gasteiger partial charge in [-0.25, -0.2) is 4.79 Å². The highest BCUT2D eigenvalue weighted by molar-refractivity contribution is 14.1. The molecule has 1 atom stereocenters. The molecule has 6 heteroatoms. The summed E-state index contributed by atoms with van der Waals surface area (Å²) in [7, 11) is 0. The number of hydrogen-bond acceptors (Lipinski definition) is 4. The molecule has 2 aromatic rings. The number of nitrogens with zero attached hydrogens (tertiary/aromatic N) is 1. The van der Waals surface area contributed by atoms with Crippen molar-refractivity contribution >= 4 is 40.2 Å². The molecule has 0 saturated carbocycles. The predicted molar refractivity (Wildman–Crippen MR) is 97.2 cm³/mol. The Kier molecular flexibility index (Phi) is 4.96. The summed E-state index contributed by atoms with van der Waals surface area (Å²) in [6.45, 7) is 0.0827. The van der Waals surface area contributed by atoms with Crippen LogP contribution in [0.1, 0.15) is 5.56 Å². The Labute approximate surface area is 152 Å². The maximum Gasteiger partial charge on any atom is 0.340 e. The van der Waals surface area contributed by atoms with Gasteiger partial charge in [0.05, 0.1) is 3.58 Å². The Bertz CT molecular complexity index is 789. The lowest BCUT2D eigenvalue weighted by molar-refractivity contribution is -0.141. The number of carbonyl (C=O) groups excluding carboxylic acids is 2. The molecule has 0 bridgehead atoms. The second-order valence-corrected chi connectivity index (χ2v) is 6.25. The first-order valence-electron chi connectivity index (χ1n) is 7.27. The number of hydrogen-bond donors (Lipinski definition) is 1. The number of aliphatic hydroxyl groups excluding tert-OH is 1. The van der Waals surface area contributed by atoms with Crippen molar-refractivity contribution in [1.29, 1.82) is 0 Å². The summed E-state index contributed by atoms with van der Waals surface area (Å²) < 4.78 is 5.41. The van der Waals surface area contributed by atoms with Crippen LogP contribution < -0.4 is 4.90 Å². The van der Waals surface area contributed by atoms with Crippen molar-refractivity contribution in [2.24, 2.45) is 0 Å². The quantitative estimate of drug-likeness (QED) is 0.593. The summed E-state index contributed by atoms with van der Waals surface area (Å²) in [6, 6.07) is 17.9. The molecule has 122 valence electrons. The molecule has 1 N–H and O–H groups in total. The fourth-order valence-corrected chi connectivity index (χ4v) is 3.18. The van der Waals surface area contributed by atoms with Crippen LogP contribution in [0, 0.1) is 0 Å². The second-order valence-electron chi connectivity index (χ2n) is 5.17. The van der Waals surface area contributed by atoms with Gasteiger partial charge in [0.25, 0.3) is 5.91 Å². The molecule has 1 unspecified atom stereocenters. The van der Waals surface area contributed by atoms with E-state index in [0.29, 0.717) is 5.69 Å². The van der Waals surface area contributed by atoms with Gasteiger partial charge in [-0.3, -0.25) is 9.69 Å². The van der Waals surface area contributed by atoms with Crippen molar-refractivity contribution in [1.82, 2.24) is 0 Å². The standard InChI is InChI=1S/C18H14INO4/c19-15-14(18(23)24-11-12-7-3-1-4-8-12)16(21)20(17(15)22)13-9-5-2-6-10-13/h1-10,16,21H,11H2. The first-order chi connectivity index (χ1) is 11.6. The average Bonchev–Trinajstić information content (AvgIpc) is 2.84. The summed E-state index contributed by atoms with van der Waals surface area (Å²) in [4.78, 5) is 25.9. The molecular weight excluding hydrogens is 421 g/mol. The molecule has 1 amide bonds. The summed E-state index contributed by atoms with van der Waals surface area (Å²) in [5, 5.41) is 10.5. The van der Waals surface area contributed by atoms with E-state index in [1.54, 1.807) is 46.9 Å². The van der Waals surface area contributed by atoms with Crippen LogP contribution in [0.15, 0.2) is 69.8 Å². The molecule has 24 heavy (non-hydrogen) atoms. The molecule has 1 aliphatic heterocycles. The largest absolute Gasteiger partial charge is 0.457 e. The summed E-state index contributed by atoms with van der Waals surface area (Å²) in [5.74, 6) is -1.11. The van der Waals surface area contributed by atoms with Crippen LogP contribution in [-0.4, -0.2) is 23.2 Å². The number of amides is 1. The van der Waals surface area contributed by atoms with Gasteiger partial charge in [0.15, 0.2) is 6.23 Å². The number of aliphatic hydroxyl groups is 1. The normalized spacial score (nSPS) is 17.3. The zero-order valence-corrected chi connectivity index (χ0v) is 14.7. The number of rotatable bonds is 4. The van der Waals surface area contributed by atoms with E-state index in [9.17, 15) is 14.7 Å². The topological polar surface area (TPSA) is 66.8 Å². The lowest BCUT2D eigenvalue weighted by atomic mass is 10.2. The van der Waals surface area contributed by atoms with Gasteiger partial charge in [-0.1, -0.05) is 48.5 Å². The molecule has 5 nitrogen and oxygen atoms in total. The summed E-state index contributed by atoms with van der Waals surface area (Å²) in [5.41, 5.74) is 1.33. The highest BCUT2D eigenvalue weighted by Crippen LogP contribution is 2.33. The zero-order chi connectivity index (χ0) is 17.1. The van der Waals surface area contributed by atoms with Crippen LogP contribution in [0.4, 0.5) is 5.69 Å². The van der Waals surface area contributed by atoms with Crippen LogP contribution in [0.5, 0.6) is 0 Å². The molecule has 3 rings (SSSR count). The highest BCUT2D eigenvalue weighted by atomic mass is 127. The SMILES string of the molecule is O=C(OCc1ccccc1)C1=C(I)C(=O)N(c2ccccc2)C1O. The maximum absolute atomic E-state index is 12.4. The third kappa shape index (κ3) is 3.20. The van der Waals surface area contributed by atoms with Crippen LogP contribution in [0.25, 0.3) is 0 Å². The number of carbonyl (C=O) groups is 2. The summed E-state index contributed by atoms with van der Waals surface area (Å²) in [6.07, 6.45) is -1.35. The molecule has 0 fully saturated rings. The van der Waals surface area contributed by atoms with E-state index in [1.165, 1.54) is 4.90 Å². The van der Waals surface area contributed by atoms with Crippen LogP contribution in [-0.2, 0) is 20.9 Å². The monoisotopic (exact) mass is 435 g/mol. The van der Waals surface area contributed by atoms with E-state index in [0.717, 1.165) is 5.56 Å². The minimum absolute atomic E-state index is 0.0274. The van der Waals surface area contributed by atoms with E-state index in [4.69, 9.17) is 4.74 Å². The average molecular weight is 435 g/mol. The number of benzene rings is 2. The fourth-order valence-electron chi connectivity index (χ4n) is 2.42. The number of esters is 1. The zero-order valence-electron chi connectivity index (χ0n) is 12.6. The smallest absolute Gasteiger partial charge is 0.340 e. The van der Waals surface area contributed by atoms with Crippen molar-refractivity contribution in [3.05, 3.63) is 75.4 Å². The molecule has 1 aliphatic rings. The summed E-state index contributed by atoms with van der Waals surface area (Å²) >= 11 is 1.77. The molecule has 0 aliphatic carbocycles. The van der Waals surface area contributed by atoms with E-state index < -0.39 is 18.1 Å². The molecule has 0 radical (unpaired) electrons. The lowest BCUT2D eigenvalue weighted by Gasteiger charge is -2.22. The van der Waals surface area contributed by atoms with Crippen molar-refractivity contribution < 1.29 is 19.4 Å². The number of ether oxygens (including phenoxy) is 1. The molecule has 1 heterocycles. The minimum Gasteiger partial charge on any atom is -0.457 e. The second kappa shape index (κ2) is 7.14. The van der Waals surface area contributed by atoms with Gasteiger partial charge in [0.1, 0.15) is 12.2 Å². The van der Waals surface area contributed by atoms with Crippen LogP contribution >= 0.6 is 22.6 Å². The molecule has 2 aromatic carbocycles. The highest BCUT2D eigenvalue weighted by Gasteiger charge is 2.42. The van der Waals surface area contributed by atoms with Crippen molar-refractivity contribution in [2.45, 2.75) is 12.8 Å². The van der Waals surface area contributed by atoms with Gasteiger partial charge in [-0.05, 0) is 40.3 Å². The third-order valence-corrected chi connectivity index (χ3v) is 4.66. The Morgan fingerprint density at radius 1 is 1.08 bits per heavy atom. The first-order valence-corrected chi connectivity index (χ1v) is 8.35. The molecular formula is C18H14INO4. The Hall–Kier alpha value is -2.19. The van der Waals surface area contributed by atoms with Crippen LogP contribution in [0.2, 0.25) is 0 Å². The molecule has 0 aromatic heterocycles. The Balaban J connectivity index is 1.77. The lowest BCUT2D eigenvalue weighted by Crippen LogP contribution is -2.36. The van der Waals surface area contributed by atoms with Gasteiger partial charge in [-0.2, -0.15) is 0 Å². The van der Waals surface area contributed by atoms with E-state index in [2.05, 4.69) is 0 Å². The number of para-hydroxylation sites is 1. The van der Waals surface area contributed by atoms with Gasteiger partial charge < -0.3 is 9.84 Å². The van der Waals surface area contributed by atoms with Crippen LogP contribution in [0.3, 0.4) is 0 Å². The first kappa shape index (κ1) is 16.7. The third-order valence-electron chi connectivity index (χ3n) is 3.61. The Morgan fingerprint density at radius 3 is 2.29 bits per heavy atom. The van der Waals surface area contributed by atoms with Crippen molar-refractivity contribution in [3.8, 4) is 0 Å². The number of halogens is 1. The predicted octanol–water partition coefficient (Wildman–Crippen LogP) is 2.78. The van der Waals surface area contributed by atoms with Crippen molar-refractivity contribution in [3.63, 3.8) is 0 Å². The molecule has 0 spiro atoms. The molecule has 0 saturated heterocycles. The van der Waals surface area contributed by atoms with Gasteiger partial charge >= 0.3 is 5.97 Å². The maximum atomic E-state index is 12.4. The van der Waals surface area contributed by atoms with Gasteiger partial charge in [0, 0.05) is 5.69 Å². The number of anilines is 1. The van der Waals surface area contributed by atoms with Gasteiger partial charge in [-0.15, -0.1) is 0 Å². The van der Waals surface area contributed by atoms with E-state index in [1.807, 2.05) is 36.4 Å². The van der Waals surface area contributed by atoms with Gasteiger partial charge in [0.2, 0.25) is 0 Å². The Morgan fingerprint density at radius 2 is 1.67 bits per heavy atom.